The molecule has 0 heterocycles. The van der Waals surface area contributed by atoms with E-state index < -0.39 is 5.60 Å². The number of hydrogen-bond donors (Lipinski definition) is 3. The molecule has 0 spiro atoms. The summed E-state index contributed by atoms with van der Waals surface area (Å²) < 4.78 is 1.02. The van der Waals surface area contributed by atoms with E-state index in [1.807, 2.05) is 24.3 Å². The third kappa shape index (κ3) is 4.77. The number of halogens is 1. The lowest BCUT2D eigenvalue weighted by Gasteiger charge is -2.21. The zero-order valence-electron chi connectivity index (χ0n) is 10.0. The van der Waals surface area contributed by atoms with E-state index in [2.05, 4.69) is 15.9 Å². The van der Waals surface area contributed by atoms with Gasteiger partial charge in [0, 0.05) is 10.7 Å². The zero-order valence-corrected chi connectivity index (χ0v) is 11.6. The predicted molar refractivity (Wildman–Crippen MR) is 72.4 cm³/mol. The second-order valence-corrected chi connectivity index (χ2v) is 5.36. The van der Waals surface area contributed by atoms with Gasteiger partial charge in [-0.25, -0.2) is 5.84 Å². The molecule has 94 valence electrons. The lowest BCUT2D eigenvalue weighted by atomic mass is 10.1. The Balaban J connectivity index is 2.67. The molecule has 0 unspecified atom stereocenters. The molecule has 0 saturated heterocycles. The molecule has 4 nitrogen and oxygen atoms in total. The molecule has 17 heavy (non-hydrogen) atoms. The van der Waals surface area contributed by atoms with Crippen molar-refractivity contribution in [2.24, 2.45) is 11.6 Å². The van der Waals surface area contributed by atoms with Crippen LogP contribution in [0.15, 0.2) is 40.6 Å². The fourth-order valence-electron chi connectivity index (χ4n) is 1.18. The first-order valence-electron chi connectivity index (χ1n) is 5.25. The Morgan fingerprint density at radius 2 is 1.94 bits per heavy atom. The fraction of sp³-hybridized carbons (Fsp3) is 0.333. The average molecular weight is 300 g/mol. The minimum absolute atomic E-state index is 0.331. The third-order valence-electron chi connectivity index (χ3n) is 2.29. The maximum Gasteiger partial charge on any atom is 0.0997 e. The molecular formula is C12H18BrN3O. The van der Waals surface area contributed by atoms with E-state index in [0.717, 1.165) is 10.0 Å². The van der Waals surface area contributed by atoms with Crippen molar-refractivity contribution in [3.63, 3.8) is 0 Å². The van der Waals surface area contributed by atoms with E-state index in [9.17, 15) is 5.11 Å². The van der Waals surface area contributed by atoms with Gasteiger partial charge in [-0.1, -0.05) is 28.1 Å². The molecule has 0 aromatic heterocycles. The minimum Gasteiger partial charge on any atom is -0.398 e. The van der Waals surface area contributed by atoms with Gasteiger partial charge in [-0.05, 0) is 31.5 Å². The van der Waals surface area contributed by atoms with Gasteiger partial charge in [0.2, 0.25) is 0 Å². The predicted octanol–water partition coefficient (Wildman–Crippen LogP) is 1.70. The molecule has 0 saturated carbocycles. The summed E-state index contributed by atoms with van der Waals surface area (Å²) in [6.07, 6.45) is 1.54. The zero-order chi connectivity index (χ0) is 13.1. The Kier molecular flexibility index (Phi) is 4.56. The van der Waals surface area contributed by atoms with Crippen molar-refractivity contribution in [2.45, 2.75) is 26.0 Å². The highest BCUT2D eigenvalue weighted by molar-refractivity contribution is 9.10. The van der Waals surface area contributed by atoms with Crippen LogP contribution < -0.4 is 11.6 Å². The standard InChI is InChI=1S/C12H18BrN3O/c1-12(2,17)11(14)8-16(15)7-9-3-5-10(13)6-4-9/h3-6,8,17H,7,14-15H2,1-2H3/b11-8-. The summed E-state index contributed by atoms with van der Waals surface area (Å²) >= 11 is 3.37. The molecule has 5 N–H and O–H groups in total. The van der Waals surface area contributed by atoms with E-state index in [4.69, 9.17) is 11.6 Å². The Morgan fingerprint density at radius 3 is 2.41 bits per heavy atom. The summed E-state index contributed by atoms with van der Waals surface area (Å²) in [6, 6.07) is 7.84. The van der Waals surface area contributed by atoms with Gasteiger partial charge in [-0.2, -0.15) is 0 Å². The van der Waals surface area contributed by atoms with Gasteiger partial charge in [-0.3, -0.25) is 0 Å². The topological polar surface area (TPSA) is 75.5 Å². The van der Waals surface area contributed by atoms with Crippen molar-refractivity contribution in [3.05, 3.63) is 46.2 Å². The molecule has 0 bridgehead atoms. The summed E-state index contributed by atoms with van der Waals surface area (Å²) in [5.74, 6) is 5.80. The highest BCUT2D eigenvalue weighted by Crippen LogP contribution is 2.13. The van der Waals surface area contributed by atoms with E-state index >= 15 is 0 Å². The maximum atomic E-state index is 9.66. The number of rotatable bonds is 4. The number of aliphatic hydroxyl groups is 1. The lowest BCUT2D eigenvalue weighted by Crippen LogP contribution is -2.33. The maximum absolute atomic E-state index is 9.66. The number of nitrogens with two attached hydrogens (primary N) is 2. The number of benzene rings is 1. The van der Waals surface area contributed by atoms with Crippen LogP contribution in [0.1, 0.15) is 19.4 Å². The van der Waals surface area contributed by atoms with Crippen LogP contribution >= 0.6 is 15.9 Å². The van der Waals surface area contributed by atoms with E-state index in [-0.39, 0.29) is 0 Å². The minimum atomic E-state index is -1.06. The smallest absolute Gasteiger partial charge is 0.0997 e. The average Bonchev–Trinajstić information content (AvgIpc) is 2.20. The van der Waals surface area contributed by atoms with Crippen LogP contribution in [0.4, 0.5) is 0 Å². The van der Waals surface area contributed by atoms with Gasteiger partial charge >= 0.3 is 0 Å². The lowest BCUT2D eigenvalue weighted by molar-refractivity contribution is 0.115. The van der Waals surface area contributed by atoms with Crippen molar-refractivity contribution >= 4 is 15.9 Å². The molecule has 1 rings (SSSR count). The normalized spacial score (nSPS) is 12.6. The SMILES string of the molecule is CC(C)(O)/C(N)=C/N(N)Cc1ccc(Br)cc1. The Bertz CT molecular complexity index is 395. The quantitative estimate of drug-likeness (QED) is 0.584. The van der Waals surface area contributed by atoms with Crippen LogP contribution in [0.3, 0.4) is 0 Å². The number of hydrogen-bond acceptors (Lipinski definition) is 4. The highest BCUT2D eigenvalue weighted by atomic mass is 79.9. The van der Waals surface area contributed by atoms with Crippen molar-refractivity contribution in [2.75, 3.05) is 0 Å². The van der Waals surface area contributed by atoms with Gasteiger partial charge < -0.3 is 15.8 Å². The van der Waals surface area contributed by atoms with Crippen LogP contribution in [0.25, 0.3) is 0 Å². The molecule has 0 aliphatic carbocycles. The molecule has 0 amide bonds. The molecule has 0 aliphatic rings. The molecule has 0 fully saturated rings. The second kappa shape index (κ2) is 5.53. The molecule has 0 aliphatic heterocycles. The van der Waals surface area contributed by atoms with Gasteiger partial charge in [-0.15, -0.1) is 0 Å². The summed E-state index contributed by atoms with van der Waals surface area (Å²) in [6.45, 7) is 3.77. The third-order valence-corrected chi connectivity index (χ3v) is 2.82. The Labute approximate surface area is 110 Å². The van der Waals surface area contributed by atoms with Crippen LogP contribution in [0, 0.1) is 0 Å². The van der Waals surface area contributed by atoms with Crippen molar-refractivity contribution in [3.8, 4) is 0 Å². The molecule has 1 aromatic carbocycles. The monoisotopic (exact) mass is 299 g/mol. The van der Waals surface area contributed by atoms with Gasteiger partial charge in [0.15, 0.2) is 0 Å². The van der Waals surface area contributed by atoms with Crippen LogP contribution in [0.2, 0.25) is 0 Å². The fourth-order valence-corrected chi connectivity index (χ4v) is 1.45. The highest BCUT2D eigenvalue weighted by Gasteiger charge is 2.16. The van der Waals surface area contributed by atoms with Crippen LogP contribution in [-0.4, -0.2) is 15.7 Å². The summed E-state index contributed by atoms with van der Waals surface area (Å²) in [7, 11) is 0. The van der Waals surface area contributed by atoms with Crippen LogP contribution in [-0.2, 0) is 6.54 Å². The van der Waals surface area contributed by atoms with Gasteiger partial charge in [0.05, 0.1) is 17.8 Å². The summed E-state index contributed by atoms with van der Waals surface area (Å²) in [4.78, 5) is 0. The molecule has 5 heteroatoms. The van der Waals surface area contributed by atoms with E-state index in [1.165, 1.54) is 5.01 Å². The van der Waals surface area contributed by atoms with Gasteiger partial charge in [0.1, 0.15) is 0 Å². The molecular weight excluding hydrogens is 282 g/mol. The Morgan fingerprint density at radius 1 is 1.41 bits per heavy atom. The first-order valence-corrected chi connectivity index (χ1v) is 6.04. The largest absolute Gasteiger partial charge is 0.398 e. The van der Waals surface area contributed by atoms with Crippen LogP contribution in [0.5, 0.6) is 0 Å². The number of nitrogens with zero attached hydrogens (tertiary/aromatic N) is 1. The molecule has 0 radical (unpaired) electrons. The van der Waals surface area contributed by atoms with Crippen molar-refractivity contribution < 1.29 is 5.11 Å². The van der Waals surface area contributed by atoms with Crippen molar-refractivity contribution in [1.29, 1.82) is 0 Å². The molecule has 1 aromatic rings. The summed E-state index contributed by atoms with van der Waals surface area (Å²) in [5, 5.41) is 11.1. The van der Waals surface area contributed by atoms with Crippen molar-refractivity contribution in [1.82, 2.24) is 5.01 Å². The molecule has 0 atom stereocenters. The Hall–Kier alpha value is -1.04. The summed E-state index contributed by atoms with van der Waals surface area (Å²) in [5.41, 5.74) is 6.05. The van der Waals surface area contributed by atoms with E-state index in [0.29, 0.717) is 12.2 Å². The van der Waals surface area contributed by atoms with Gasteiger partial charge in [0.25, 0.3) is 0 Å². The first kappa shape index (κ1) is 14.0. The first-order chi connectivity index (χ1) is 7.79. The number of hydrazine groups is 1. The van der Waals surface area contributed by atoms with E-state index in [1.54, 1.807) is 20.0 Å². The second-order valence-electron chi connectivity index (χ2n) is 4.44.